The first-order valence-electron chi connectivity index (χ1n) is 10.3. The molecule has 3 heterocycles. The number of guanidine groups is 1. The van der Waals surface area contributed by atoms with Crippen LogP contribution in [0.3, 0.4) is 0 Å². The summed E-state index contributed by atoms with van der Waals surface area (Å²) in [5.41, 5.74) is 3.59. The molecule has 7 nitrogen and oxygen atoms in total. The van der Waals surface area contributed by atoms with Crippen molar-refractivity contribution < 1.29 is 0 Å². The molecule has 1 aromatic carbocycles. The summed E-state index contributed by atoms with van der Waals surface area (Å²) < 4.78 is 3.80. The summed E-state index contributed by atoms with van der Waals surface area (Å²) >= 11 is 0. The minimum atomic E-state index is 0. The molecule has 1 aliphatic rings. The average molecular weight is 519 g/mol. The molecule has 1 N–H and O–H groups in total. The van der Waals surface area contributed by atoms with Crippen LogP contribution in [-0.2, 0) is 13.5 Å². The highest BCUT2D eigenvalue weighted by Gasteiger charge is 2.26. The monoisotopic (exact) mass is 519 g/mol. The van der Waals surface area contributed by atoms with Gasteiger partial charge in [-0.15, -0.1) is 24.0 Å². The highest BCUT2D eigenvalue weighted by Crippen LogP contribution is 2.26. The predicted octanol–water partition coefficient (Wildman–Crippen LogP) is 3.22. The first-order valence-corrected chi connectivity index (χ1v) is 10.3. The molecule has 3 aromatic rings. The molecule has 0 radical (unpaired) electrons. The van der Waals surface area contributed by atoms with Crippen molar-refractivity contribution in [3.63, 3.8) is 0 Å². The van der Waals surface area contributed by atoms with E-state index in [9.17, 15) is 0 Å². The maximum Gasteiger partial charge on any atom is 0.193 e. The van der Waals surface area contributed by atoms with Crippen molar-refractivity contribution in [2.75, 3.05) is 26.2 Å². The maximum atomic E-state index is 4.88. The summed E-state index contributed by atoms with van der Waals surface area (Å²) in [6.45, 7) is 5.75. The van der Waals surface area contributed by atoms with E-state index in [0.717, 1.165) is 50.7 Å². The highest BCUT2D eigenvalue weighted by atomic mass is 127. The van der Waals surface area contributed by atoms with Gasteiger partial charge in [-0.3, -0.25) is 9.67 Å². The number of benzene rings is 1. The van der Waals surface area contributed by atoms with Crippen molar-refractivity contribution in [2.24, 2.45) is 12.0 Å². The smallest absolute Gasteiger partial charge is 0.193 e. The van der Waals surface area contributed by atoms with Gasteiger partial charge in [-0.05, 0) is 43.0 Å². The van der Waals surface area contributed by atoms with Crippen LogP contribution in [0.15, 0.2) is 60.1 Å². The van der Waals surface area contributed by atoms with Gasteiger partial charge in [-0.1, -0.05) is 18.2 Å². The van der Waals surface area contributed by atoms with Gasteiger partial charge in [-0.25, -0.2) is 4.68 Å². The number of hydrogen-bond donors (Lipinski definition) is 1. The molecule has 0 saturated carbocycles. The Labute approximate surface area is 195 Å². The fourth-order valence-corrected chi connectivity index (χ4v) is 3.80. The Morgan fingerprint density at radius 1 is 1.17 bits per heavy atom. The zero-order valence-electron chi connectivity index (χ0n) is 17.6. The molecule has 0 aliphatic carbocycles. The van der Waals surface area contributed by atoms with Crippen molar-refractivity contribution in [1.82, 2.24) is 29.8 Å². The number of hydrogen-bond acceptors (Lipinski definition) is 3. The SMILES string of the molecule is CCNC(=NCCc1cnn(-c2ccccc2)c1)N1CCC(c2cnn(C)c2)C1.I. The summed E-state index contributed by atoms with van der Waals surface area (Å²) in [6, 6.07) is 10.2. The van der Waals surface area contributed by atoms with Crippen LogP contribution in [0.5, 0.6) is 0 Å². The Balaban J connectivity index is 0.00000256. The number of halogens is 1. The molecule has 1 unspecified atom stereocenters. The molecule has 4 rings (SSSR count). The molecule has 8 heteroatoms. The van der Waals surface area contributed by atoms with Crippen molar-refractivity contribution >= 4 is 29.9 Å². The molecule has 0 bridgehead atoms. The Kier molecular flexibility index (Phi) is 7.89. The van der Waals surface area contributed by atoms with Gasteiger partial charge in [0.15, 0.2) is 5.96 Å². The lowest BCUT2D eigenvalue weighted by Crippen LogP contribution is -2.40. The van der Waals surface area contributed by atoms with Crippen molar-refractivity contribution in [3.05, 3.63) is 66.2 Å². The topological polar surface area (TPSA) is 63.3 Å². The third-order valence-electron chi connectivity index (χ3n) is 5.34. The fraction of sp³-hybridized carbons (Fsp3) is 0.409. The lowest BCUT2D eigenvalue weighted by molar-refractivity contribution is 0.486. The van der Waals surface area contributed by atoms with Gasteiger partial charge in [0.25, 0.3) is 0 Å². The van der Waals surface area contributed by atoms with E-state index in [-0.39, 0.29) is 24.0 Å². The summed E-state index contributed by atoms with van der Waals surface area (Å²) in [7, 11) is 1.97. The van der Waals surface area contributed by atoms with E-state index in [4.69, 9.17) is 4.99 Å². The van der Waals surface area contributed by atoms with Crippen LogP contribution in [0.2, 0.25) is 0 Å². The number of aromatic nitrogens is 4. The van der Waals surface area contributed by atoms with Crippen LogP contribution in [0.25, 0.3) is 5.69 Å². The Morgan fingerprint density at radius 3 is 2.73 bits per heavy atom. The number of aryl methyl sites for hydroxylation is 1. The number of aliphatic imine (C=N–C) groups is 1. The minimum absolute atomic E-state index is 0. The fourth-order valence-electron chi connectivity index (χ4n) is 3.80. The number of rotatable bonds is 6. The van der Waals surface area contributed by atoms with E-state index in [2.05, 4.69) is 51.9 Å². The third-order valence-corrected chi connectivity index (χ3v) is 5.34. The molecular weight excluding hydrogens is 489 g/mol. The van der Waals surface area contributed by atoms with E-state index >= 15 is 0 Å². The number of nitrogens with one attached hydrogen (secondary N) is 1. The highest BCUT2D eigenvalue weighted by molar-refractivity contribution is 14.0. The van der Waals surface area contributed by atoms with E-state index in [1.54, 1.807) is 0 Å². The minimum Gasteiger partial charge on any atom is -0.357 e. The van der Waals surface area contributed by atoms with Crippen molar-refractivity contribution in [2.45, 2.75) is 25.7 Å². The van der Waals surface area contributed by atoms with Gasteiger partial charge in [0.1, 0.15) is 0 Å². The van der Waals surface area contributed by atoms with E-state index < -0.39 is 0 Å². The summed E-state index contributed by atoms with van der Waals surface area (Å²) in [5, 5.41) is 12.2. The number of likely N-dealkylation sites (tertiary alicyclic amines) is 1. The maximum absolute atomic E-state index is 4.88. The van der Waals surface area contributed by atoms with Crippen LogP contribution in [0.4, 0.5) is 0 Å². The second kappa shape index (κ2) is 10.6. The van der Waals surface area contributed by atoms with Gasteiger partial charge in [-0.2, -0.15) is 10.2 Å². The normalized spacial score (nSPS) is 16.5. The second-order valence-corrected chi connectivity index (χ2v) is 7.49. The Bertz CT molecular complexity index is 947. The molecule has 30 heavy (non-hydrogen) atoms. The molecule has 160 valence electrons. The van der Waals surface area contributed by atoms with Gasteiger partial charge in [0.05, 0.1) is 18.1 Å². The van der Waals surface area contributed by atoms with Crippen LogP contribution in [0, 0.1) is 0 Å². The predicted molar refractivity (Wildman–Crippen MR) is 131 cm³/mol. The van der Waals surface area contributed by atoms with Crippen LogP contribution in [-0.4, -0.2) is 56.6 Å². The van der Waals surface area contributed by atoms with Crippen LogP contribution >= 0.6 is 24.0 Å². The molecule has 1 fully saturated rings. The lowest BCUT2D eigenvalue weighted by atomic mass is 10.0. The first kappa shape index (κ1) is 22.3. The largest absolute Gasteiger partial charge is 0.357 e. The molecule has 1 aliphatic heterocycles. The summed E-state index contributed by atoms with van der Waals surface area (Å²) in [5.74, 6) is 1.53. The van der Waals surface area contributed by atoms with Crippen LogP contribution in [0.1, 0.15) is 30.4 Å². The summed E-state index contributed by atoms with van der Waals surface area (Å²) in [4.78, 5) is 7.25. The molecule has 1 atom stereocenters. The van der Waals surface area contributed by atoms with Gasteiger partial charge < -0.3 is 10.2 Å². The molecule has 0 amide bonds. The Hall–Kier alpha value is -2.36. The zero-order valence-corrected chi connectivity index (χ0v) is 19.9. The average Bonchev–Trinajstić information content (AvgIpc) is 3.49. The van der Waals surface area contributed by atoms with Crippen molar-refractivity contribution in [3.8, 4) is 5.69 Å². The van der Waals surface area contributed by atoms with Crippen molar-refractivity contribution in [1.29, 1.82) is 0 Å². The van der Waals surface area contributed by atoms with Gasteiger partial charge in [0.2, 0.25) is 0 Å². The van der Waals surface area contributed by atoms with Gasteiger partial charge >= 0.3 is 0 Å². The summed E-state index contributed by atoms with van der Waals surface area (Å²) in [6.07, 6.45) is 10.2. The second-order valence-electron chi connectivity index (χ2n) is 7.49. The first-order chi connectivity index (χ1) is 14.2. The van der Waals surface area contributed by atoms with E-state index in [1.165, 1.54) is 11.1 Å². The van der Waals surface area contributed by atoms with E-state index in [1.807, 2.05) is 47.0 Å². The standard InChI is InChI=1S/C22H29N7.HI/c1-3-23-22(28-12-10-19(17-28)20-14-25-27(2)16-20)24-11-9-18-13-26-29(15-18)21-7-5-4-6-8-21;/h4-8,13-16,19H,3,9-12,17H2,1-2H3,(H,23,24);1H. The molecule has 2 aromatic heterocycles. The third kappa shape index (κ3) is 5.41. The van der Waals surface area contributed by atoms with Crippen LogP contribution < -0.4 is 5.32 Å². The molecular formula is C22H30IN7. The van der Waals surface area contributed by atoms with Gasteiger partial charge in [0, 0.05) is 51.5 Å². The number of nitrogens with zero attached hydrogens (tertiary/aromatic N) is 6. The van der Waals surface area contributed by atoms with E-state index in [0.29, 0.717) is 5.92 Å². The lowest BCUT2D eigenvalue weighted by Gasteiger charge is -2.21. The molecule has 0 spiro atoms. The number of para-hydroxylation sites is 1. The zero-order chi connectivity index (χ0) is 20.1. The molecule has 1 saturated heterocycles. The quantitative estimate of drug-likeness (QED) is 0.309. The Morgan fingerprint density at radius 2 is 2.00 bits per heavy atom.